The molecule has 1 aliphatic heterocycles. The van der Waals surface area contributed by atoms with Gasteiger partial charge in [0.2, 0.25) is 0 Å². The van der Waals surface area contributed by atoms with Crippen LogP contribution in [0.4, 0.5) is 17.6 Å². The minimum absolute atomic E-state index is 0.163. The maximum absolute atomic E-state index is 14.2. The minimum atomic E-state index is -4.77. The third-order valence-electron chi connectivity index (χ3n) is 6.55. The summed E-state index contributed by atoms with van der Waals surface area (Å²) in [5.74, 6) is -1.74. The number of hydrogen-bond donors (Lipinski definition) is 0. The topological polar surface area (TPSA) is 47.3 Å². The summed E-state index contributed by atoms with van der Waals surface area (Å²) in [7, 11) is 1.78. The summed E-state index contributed by atoms with van der Waals surface area (Å²) >= 11 is 12.3. The molecule has 0 N–H and O–H groups in total. The van der Waals surface area contributed by atoms with Crippen LogP contribution in [0.5, 0.6) is 0 Å². The van der Waals surface area contributed by atoms with Gasteiger partial charge in [-0.2, -0.15) is 18.4 Å². The number of likely N-dealkylation sites (N-methyl/N-ethyl adjacent to an activating group) is 1. The summed E-state index contributed by atoms with van der Waals surface area (Å²) in [5.41, 5.74) is 0.776. The van der Waals surface area contributed by atoms with Crippen LogP contribution in [0.25, 0.3) is 0 Å². The van der Waals surface area contributed by atoms with Gasteiger partial charge in [-0.05, 0) is 66.7 Å². The molecule has 1 fully saturated rings. The van der Waals surface area contributed by atoms with E-state index in [-0.39, 0.29) is 24.4 Å². The maximum Gasteiger partial charge on any atom is 0.419 e. The molecule has 37 heavy (non-hydrogen) atoms. The number of amides is 1. The molecule has 10 heteroatoms. The van der Waals surface area contributed by atoms with Crippen LogP contribution >= 0.6 is 23.2 Å². The molecule has 0 aromatic heterocycles. The lowest BCUT2D eigenvalue weighted by molar-refractivity contribution is -0.140. The predicted octanol–water partition coefficient (Wildman–Crippen LogP) is 6.76. The van der Waals surface area contributed by atoms with Crippen molar-refractivity contribution in [2.75, 3.05) is 20.1 Å². The van der Waals surface area contributed by atoms with Crippen LogP contribution in [0.1, 0.15) is 38.5 Å². The van der Waals surface area contributed by atoms with Gasteiger partial charge in [0.05, 0.1) is 27.2 Å². The molecule has 0 spiro atoms. The first kappa shape index (κ1) is 26.9. The molecule has 0 aliphatic carbocycles. The van der Waals surface area contributed by atoms with Crippen molar-refractivity contribution < 1.29 is 22.4 Å². The van der Waals surface area contributed by atoms with Gasteiger partial charge in [0.1, 0.15) is 5.82 Å². The molecule has 1 amide bonds. The Morgan fingerprint density at radius 1 is 1.05 bits per heavy atom. The highest BCUT2D eigenvalue weighted by atomic mass is 35.5. The van der Waals surface area contributed by atoms with E-state index in [1.165, 1.54) is 6.07 Å². The van der Waals surface area contributed by atoms with E-state index in [4.69, 9.17) is 28.5 Å². The van der Waals surface area contributed by atoms with Crippen molar-refractivity contribution in [3.05, 3.63) is 104 Å². The molecular formula is C27H21Cl2F4N3O. The zero-order valence-electron chi connectivity index (χ0n) is 19.6. The SMILES string of the molecule is CN(Cc1ccc(C(F)(F)F)c(F)c1)C1CN(C(=O)c2ccc(C#N)cc2)C[C@@H]1c1ccc(Cl)c(Cl)c1. The standard InChI is InChI=1S/C27H21Cl2F4N3O/c1-35(13-17-4-8-21(24(30)10-17)27(31,32)33)25-15-36(26(37)18-5-2-16(12-34)3-6-18)14-20(25)19-7-9-22(28)23(29)11-19/h2-11,20,25H,13-15H2,1H3/t20-,25?/m1/s1. The zero-order chi connectivity index (χ0) is 26.9. The first-order chi connectivity index (χ1) is 17.5. The lowest BCUT2D eigenvalue weighted by atomic mass is 9.93. The van der Waals surface area contributed by atoms with Crippen molar-refractivity contribution >= 4 is 29.1 Å². The van der Waals surface area contributed by atoms with Crippen LogP contribution < -0.4 is 0 Å². The van der Waals surface area contributed by atoms with Crippen LogP contribution in [0.3, 0.4) is 0 Å². The number of halogens is 6. The Kier molecular flexibility index (Phi) is 7.79. The summed E-state index contributed by atoms with van der Waals surface area (Å²) in [4.78, 5) is 16.8. The largest absolute Gasteiger partial charge is 0.419 e. The van der Waals surface area contributed by atoms with E-state index >= 15 is 0 Å². The van der Waals surface area contributed by atoms with E-state index in [0.717, 1.165) is 17.7 Å². The monoisotopic (exact) mass is 549 g/mol. The fraction of sp³-hybridized carbons (Fsp3) is 0.259. The van der Waals surface area contributed by atoms with Crippen molar-refractivity contribution in [2.45, 2.75) is 24.7 Å². The fourth-order valence-corrected chi connectivity index (χ4v) is 4.94. The number of rotatable bonds is 5. The number of nitrogens with zero attached hydrogens (tertiary/aromatic N) is 3. The Labute approximate surface area is 221 Å². The van der Waals surface area contributed by atoms with Gasteiger partial charge < -0.3 is 4.90 Å². The molecular weight excluding hydrogens is 529 g/mol. The number of nitriles is 1. The summed E-state index contributed by atoms with van der Waals surface area (Å²) in [5, 5.41) is 9.77. The average molecular weight is 550 g/mol. The number of carbonyl (C=O) groups excluding carboxylic acids is 1. The molecule has 1 aliphatic rings. The van der Waals surface area contributed by atoms with Crippen molar-refractivity contribution in [1.82, 2.24) is 9.80 Å². The van der Waals surface area contributed by atoms with Gasteiger partial charge in [-0.1, -0.05) is 35.3 Å². The summed E-state index contributed by atoms with van der Waals surface area (Å²) < 4.78 is 53.1. The van der Waals surface area contributed by atoms with Crippen molar-refractivity contribution in [3.8, 4) is 6.07 Å². The quantitative estimate of drug-likeness (QED) is 0.330. The maximum atomic E-state index is 14.2. The first-order valence-electron chi connectivity index (χ1n) is 11.3. The molecule has 0 saturated carbocycles. The van der Waals surface area contributed by atoms with Gasteiger partial charge in [0.15, 0.2) is 0 Å². The van der Waals surface area contributed by atoms with Crippen molar-refractivity contribution in [1.29, 1.82) is 5.26 Å². The van der Waals surface area contributed by atoms with E-state index in [0.29, 0.717) is 39.8 Å². The lowest BCUT2D eigenvalue weighted by Gasteiger charge is -2.29. The molecule has 0 radical (unpaired) electrons. The van der Waals surface area contributed by atoms with Gasteiger partial charge in [-0.15, -0.1) is 0 Å². The number of alkyl halides is 3. The fourth-order valence-electron chi connectivity index (χ4n) is 4.63. The highest BCUT2D eigenvalue weighted by Crippen LogP contribution is 2.36. The Morgan fingerprint density at radius 3 is 2.35 bits per heavy atom. The summed E-state index contributed by atoms with van der Waals surface area (Å²) in [6, 6.07) is 16.2. The normalized spacial score (nSPS) is 17.8. The molecule has 4 nitrogen and oxygen atoms in total. The molecule has 0 bridgehead atoms. The van der Waals surface area contributed by atoms with Crippen molar-refractivity contribution in [2.24, 2.45) is 0 Å². The number of likely N-dealkylation sites (tertiary alicyclic amines) is 1. The Morgan fingerprint density at radius 2 is 1.76 bits per heavy atom. The molecule has 1 unspecified atom stereocenters. The summed E-state index contributed by atoms with van der Waals surface area (Å²) in [6.07, 6.45) is -4.77. The second-order valence-electron chi connectivity index (χ2n) is 8.97. The van der Waals surface area contributed by atoms with Crippen molar-refractivity contribution in [3.63, 3.8) is 0 Å². The smallest absolute Gasteiger partial charge is 0.336 e. The predicted molar refractivity (Wildman–Crippen MR) is 133 cm³/mol. The van der Waals surface area contributed by atoms with E-state index < -0.39 is 17.6 Å². The highest BCUT2D eigenvalue weighted by molar-refractivity contribution is 6.42. The zero-order valence-corrected chi connectivity index (χ0v) is 21.1. The lowest BCUT2D eigenvalue weighted by Crippen LogP contribution is -2.38. The van der Waals surface area contributed by atoms with Crippen LogP contribution in [0.15, 0.2) is 60.7 Å². The van der Waals surface area contributed by atoms with Gasteiger partial charge in [-0.25, -0.2) is 4.39 Å². The Bertz CT molecular complexity index is 1360. The molecule has 4 rings (SSSR count). The van der Waals surface area contributed by atoms with Crippen LogP contribution in [0, 0.1) is 17.1 Å². The number of benzene rings is 3. The van der Waals surface area contributed by atoms with Crippen LogP contribution in [-0.2, 0) is 12.7 Å². The molecule has 1 heterocycles. The second-order valence-corrected chi connectivity index (χ2v) is 9.79. The molecule has 192 valence electrons. The Hall–Kier alpha value is -3.12. The summed E-state index contributed by atoms with van der Waals surface area (Å²) in [6.45, 7) is 0.840. The Balaban J connectivity index is 1.61. The third-order valence-corrected chi connectivity index (χ3v) is 7.29. The van der Waals surface area contributed by atoms with Gasteiger partial charge in [-0.3, -0.25) is 9.69 Å². The van der Waals surface area contributed by atoms with Gasteiger partial charge in [0, 0.05) is 37.2 Å². The van der Waals surface area contributed by atoms with Gasteiger partial charge >= 0.3 is 6.18 Å². The van der Waals surface area contributed by atoms with Crippen LogP contribution in [-0.4, -0.2) is 41.9 Å². The minimum Gasteiger partial charge on any atom is -0.336 e. The molecule has 3 aromatic rings. The van der Waals surface area contributed by atoms with Crippen LogP contribution in [0.2, 0.25) is 10.0 Å². The third kappa shape index (κ3) is 5.90. The van der Waals surface area contributed by atoms with E-state index in [1.54, 1.807) is 48.3 Å². The average Bonchev–Trinajstić information content (AvgIpc) is 3.30. The van der Waals surface area contributed by atoms with E-state index in [1.807, 2.05) is 17.0 Å². The molecule has 3 aromatic carbocycles. The van der Waals surface area contributed by atoms with E-state index in [9.17, 15) is 22.4 Å². The number of hydrogen-bond acceptors (Lipinski definition) is 3. The molecule has 1 saturated heterocycles. The highest BCUT2D eigenvalue weighted by Gasteiger charge is 2.39. The molecule has 2 atom stereocenters. The van der Waals surface area contributed by atoms with Gasteiger partial charge in [0.25, 0.3) is 5.91 Å². The first-order valence-corrected chi connectivity index (χ1v) is 12.0. The number of carbonyl (C=O) groups is 1. The van der Waals surface area contributed by atoms with E-state index in [2.05, 4.69) is 0 Å². The second kappa shape index (κ2) is 10.7.